The number of pyridine rings is 1. The van der Waals surface area contributed by atoms with E-state index in [1.165, 1.54) is 0 Å². The average molecular weight is 320 g/mol. The van der Waals surface area contributed by atoms with E-state index in [4.69, 9.17) is 4.74 Å². The van der Waals surface area contributed by atoms with E-state index in [1.807, 2.05) is 49.5 Å². The van der Waals surface area contributed by atoms with Gasteiger partial charge in [0.15, 0.2) is 0 Å². The molecular weight excluding hydrogens is 304 g/mol. The van der Waals surface area contributed by atoms with Crippen LogP contribution in [-0.4, -0.2) is 33.3 Å². The molecule has 0 fully saturated rings. The van der Waals surface area contributed by atoms with E-state index in [9.17, 15) is 4.79 Å². The summed E-state index contributed by atoms with van der Waals surface area (Å²) in [7, 11) is 0. The Morgan fingerprint density at radius 3 is 2.79 bits per heavy atom. The van der Waals surface area contributed by atoms with Crippen LogP contribution in [0.2, 0.25) is 0 Å². The normalized spacial score (nSPS) is 16.4. The predicted molar refractivity (Wildman–Crippen MR) is 89.6 cm³/mol. The summed E-state index contributed by atoms with van der Waals surface area (Å²) in [6.45, 7) is 2.41. The quantitative estimate of drug-likeness (QED) is 0.728. The minimum Gasteiger partial charge on any atom is -0.471 e. The molecule has 0 bridgehead atoms. The van der Waals surface area contributed by atoms with Gasteiger partial charge in [0.1, 0.15) is 11.8 Å². The van der Waals surface area contributed by atoms with E-state index in [0.29, 0.717) is 23.7 Å². The number of benzene rings is 1. The molecule has 24 heavy (non-hydrogen) atoms. The van der Waals surface area contributed by atoms with Gasteiger partial charge in [0.05, 0.1) is 17.8 Å². The van der Waals surface area contributed by atoms with Gasteiger partial charge in [-0.15, -0.1) is 0 Å². The third kappa shape index (κ3) is 2.42. The zero-order valence-corrected chi connectivity index (χ0v) is 13.2. The Balaban J connectivity index is 1.78. The maximum Gasteiger partial charge on any atom is 0.260 e. The molecule has 0 N–H and O–H groups in total. The zero-order valence-electron chi connectivity index (χ0n) is 13.2. The number of amides is 1. The van der Waals surface area contributed by atoms with Gasteiger partial charge >= 0.3 is 0 Å². The fraction of sp³-hybridized carbons (Fsp3) is 0.167. The van der Waals surface area contributed by atoms with E-state index in [-0.39, 0.29) is 12.0 Å². The first-order chi connectivity index (χ1) is 11.7. The van der Waals surface area contributed by atoms with E-state index in [1.54, 1.807) is 28.0 Å². The molecule has 3 aromatic rings. The predicted octanol–water partition coefficient (Wildman–Crippen LogP) is 2.70. The number of carbonyl (C=O) groups is 1. The molecule has 1 aliphatic heterocycles. The second-order valence-electron chi connectivity index (χ2n) is 5.64. The van der Waals surface area contributed by atoms with Crippen molar-refractivity contribution in [1.82, 2.24) is 14.8 Å². The molecule has 0 aliphatic carbocycles. The van der Waals surface area contributed by atoms with Crippen molar-refractivity contribution in [2.24, 2.45) is 0 Å². The number of anilines is 1. The highest BCUT2D eigenvalue weighted by atomic mass is 16.5. The highest BCUT2D eigenvalue weighted by Crippen LogP contribution is 2.32. The summed E-state index contributed by atoms with van der Waals surface area (Å²) in [6, 6.07) is 12.9. The SMILES string of the molecule is C[C@H]1CN(C(=O)c2ccccc2-n2cccn2)c2cccnc2O1. The van der Waals surface area contributed by atoms with Gasteiger partial charge in [-0.1, -0.05) is 12.1 Å². The number of aromatic nitrogens is 3. The van der Waals surface area contributed by atoms with Crippen molar-refractivity contribution < 1.29 is 9.53 Å². The molecule has 6 nitrogen and oxygen atoms in total. The number of carbonyl (C=O) groups excluding carboxylic acids is 1. The Morgan fingerprint density at radius 1 is 1.12 bits per heavy atom. The monoisotopic (exact) mass is 320 g/mol. The highest BCUT2D eigenvalue weighted by Gasteiger charge is 2.30. The molecule has 0 saturated heterocycles. The topological polar surface area (TPSA) is 60.2 Å². The number of hydrogen-bond acceptors (Lipinski definition) is 4. The van der Waals surface area contributed by atoms with Gasteiger partial charge < -0.3 is 4.74 Å². The average Bonchev–Trinajstić information content (AvgIpc) is 3.15. The maximum absolute atomic E-state index is 13.2. The third-order valence-corrected chi connectivity index (χ3v) is 3.93. The summed E-state index contributed by atoms with van der Waals surface area (Å²) in [5.74, 6) is 0.395. The van der Waals surface area contributed by atoms with E-state index < -0.39 is 0 Å². The van der Waals surface area contributed by atoms with Crippen LogP contribution in [0.25, 0.3) is 5.69 Å². The molecule has 2 aromatic heterocycles. The molecule has 1 atom stereocenters. The zero-order chi connectivity index (χ0) is 16.5. The van der Waals surface area contributed by atoms with Crippen molar-refractivity contribution in [3.8, 4) is 11.6 Å². The lowest BCUT2D eigenvalue weighted by atomic mass is 10.1. The van der Waals surface area contributed by atoms with Crippen LogP contribution in [-0.2, 0) is 0 Å². The molecule has 0 radical (unpaired) electrons. The van der Waals surface area contributed by atoms with Crippen molar-refractivity contribution in [3.05, 3.63) is 66.6 Å². The molecule has 4 rings (SSSR count). The fourth-order valence-electron chi connectivity index (χ4n) is 2.87. The maximum atomic E-state index is 13.2. The Kier molecular flexibility index (Phi) is 3.49. The summed E-state index contributed by atoms with van der Waals surface area (Å²) < 4.78 is 7.42. The van der Waals surface area contributed by atoms with E-state index >= 15 is 0 Å². The Morgan fingerprint density at radius 2 is 1.96 bits per heavy atom. The summed E-state index contributed by atoms with van der Waals surface area (Å²) in [6.07, 6.45) is 5.06. The van der Waals surface area contributed by atoms with Gasteiger partial charge in [0, 0.05) is 18.6 Å². The first-order valence-electron chi connectivity index (χ1n) is 7.76. The van der Waals surface area contributed by atoms with Gasteiger partial charge in [-0.05, 0) is 37.3 Å². The molecular formula is C18H16N4O2. The minimum absolute atomic E-state index is 0.0921. The third-order valence-electron chi connectivity index (χ3n) is 3.93. The molecule has 1 aliphatic rings. The molecule has 3 heterocycles. The summed E-state index contributed by atoms with van der Waals surface area (Å²) in [5.41, 5.74) is 2.03. The number of nitrogens with zero attached hydrogens (tertiary/aromatic N) is 4. The Hall–Kier alpha value is -3.15. The van der Waals surface area contributed by atoms with Crippen LogP contribution in [0.15, 0.2) is 61.1 Å². The summed E-state index contributed by atoms with van der Waals surface area (Å²) in [4.78, 5) is 19.2. The van der Waals surface area contributed by atoms with Crippen LogP contribution in [0.5, 0.6) is 5.88 Å². The highest BCUT2D eigenvalue weighted by molar-refractivity contribution is 6.09. The lowest BCUT2D eigenvalue weighted by Gasteiger charge is -2.32. The summed E-state index contributed by atoms with van der Waals surface area (Å²) in [5, 5.41) is 4.24. The van der Waals surface area contributed by atoms with Crippen molar-refractivity contribution in [3.63, 3.8) is 0 Å². The molecule has 120 valence electrons. The first kappa shape index (κ1) is 14.4. The molecule has 6 heteroatoms. The first-order valence-corrected chi connectivity index (χ1v) is 7.76. The molecule has 1 aromatic carbocycles. The number of ether oxygens (including phenoxy) is 1. The van der Waals surface area contributed by atoms with Crippen LogP contribution < -0.4 is 9.64 Å². The minimum atomic E-state index is -0.117. The number of hydrogen-bond donors (Lipinski definition) is 0. The van der Waals surface area contributed by atoms with Crippen molar-refractivity contribution in [2.75, 3.05) is 11.4 Å². The number of fused-ring (bicyclic) bond motifs is 1. The van der Waals surface area contributed by atoms with Gasteiger partial charge in [-0.25, -0.2) is 9.67 Å². The number of para-hydroxylation sites is 1. The number of rotatable bonds is 2. The Bertz CT molecular complexity index is 876. The molecule has 1 amide bonds. The van der Waals surface area contributed by atoms with Crippen LogP contribution in [0, 0.1) is 0 Å². The van der Waals surface area contributed by atoms with Crippen molar-refractivity contribution >= 4 is 11.6 Å². The fourth-order valence-corrected chi connectivity index (χ4v) is 2.87. The molecule has 0 unspecified atom stereocenters. The van der Waals surface area contributed by atoms with Gasteiger partial charge in [-0.2, -0.15) is 5.10 Å². The van der Waals surface area contributed by atoms with Gasteiger partial charge in [0.2, 0.25) is 5.88 Å². The lowest BCUT2D eigenvalue weighted by Crippen LogP contribution is -2.42. The largest absolute Gasteiger partial charge is 0.471 e. The standard InChI is InChI=1S/C18H16N4O2/c1-13-12-21(16-8-4-9-19-17(16)24-13)18(23)14-6-2-3-7-15(14)22-11-5-10-20-22/h2-11,13H,12H2,1H3/t13-/m0/s1. The second kappa shape index (κ2) is 5.81. The Labute approximate surface area is 139 Å². The molecule has 0 saturated carbocycles. The van der Waals surface area contributed by atoms with Gasteiger partial charge in [-0.3, -0.25) is 9.69 Å². The lowest BCUT2D eigenvalue weighted by molar-refractivity contribution is 0.0958. The second-order valence-corrected chi connectivity index (χ2v) is 5.64. The molecule has 0 spiro atoms. The van der Waals surface area contributed by atoms with E-state index in [2.05, 4.69) is 10.1 Å². The van der Waals surface area contributed by atoms with Crippen LogP contribution in [0.4, 0.5) is 5.69 Å². The van der Waals surface area contributed by atoms with E-state index in [0.717, 1.165) is 5.69 Å². The smallest absolute Gasteiger partial charge is 0.260 e. The van der Waals surface area contributed by atoms with Crippen molar-refractivity contribution in [1.29, 1.82) is 0 Å². The van der Waals surface area contributed by atoms with Crippen LogP contribution in [0.1, 0.15) is 17.3 Å². The van der Waals surface area contributed by atoms with Crippen LogP contribution in [0.3, 0.4) is 0 Å². The van der Waals surface area contributed by atoms with Crippen LogP contribution >= 0.6 is 0 Å². The van der Waals surface area contributed by atoms with Gasteiger partial charge in [0.25, 0.3) is 5.91 Å². The summed E-state index contributed by atoms with van der Waals surface area (Å²) >= 11 is 0. The van der Waals surface area contributed by atoms with Crippen molar-refractivity contribution in [2.45, 2.75) is 13.0 Å².